The minimum Gasteiger partial charge on any atom is -0.381 e. The van der Waals surface area contributed by atoms with Gasteiger partial charge in [-0.1, -0.05) is 49.2 Å². The first-order chi connectivity index (χ1) is 20.3. The van der Waals surface area contributed by atoms with Crippen molar-refractivity contribution >= 4 is 48.6 Å². The molecule has 10 nitrogen and oxygen atoms in total. The molecule has 3 fully saturated rings. The zero-order valence-corrected chi connectivity index (χ0v) is 25.8. The Balaban J connectivity index is 1.18. The van der Waals surface area contributed by atoms with Crippen molar-refractivity contribution in [2.45, 2.75) is 61.8 Å². The number of amides is 1. The highest BCUT2D eigenvalue weighted by atomic mass is 32.2. The van der Waals surface area contributed by atoms with E-state index in [0.717, 1.165) is 80.1 Å². The molecule has 3 aliphatic rings. The number of hydrogen-bond donors (Lipinski definition) is 2. The van der Waals surface area contributed by atoms with E-state index in [1.165, 1.54) is 24.2 Å². The van der Waals surface area contributed by atoms with E-state index in [1.807, 2.05) is 31.3 Å². The molecule has 6 rings (SSSR count). The van der Waals surface area contributed by atoms with Crippen molar-refractivity contribution in [2.24, 2.45) is 5.92 Å². The molecule has 2 aliphatic heterocycles. The van der Waals surface area contributed by atoms with Crippen LogP contribution in [0.1, 0.15) is 56.4 Å². The van der Waals surface area contributed by atoms with Gasteiger partial charge in [0, 0.05) is 45.4 Å². The number of thiazole rings is 1. The number of likely N-dealkylation sites (N-methyl/N-ethyl adjacent to an activating group) is 1. The van der Waals surface area contributed by atoms with Crippen LogP contribution < -0.4 is 10.6 Å². The minimum absolute atomic E-state index is 0.115. The number of piperazine rings is 1. The van der Waals surface area contributed by atoms with E-state index in [9.17, 15) is 13.2 Å². The monoisotopic (exact) mass is 612 g/mol. The third-order valence-electron chi connectivity index (χ3n) is 8.80. The summed E-state index contributed by atoms with van der Waals surface area (Å²) in [6.45, 7) is 3.92. The van der Waals surface area contributed by atoms with Crippen LogP contribution in [-0.2, 0) is 19.6 Å². The summed E-state index contributed by atoms with van der Waals surface area (Å²) < 4.78 is 33.5. The molecule has 2 N–H and O–H groups in total. The summed E-state index contributed by atoms with van der Waals surface area (Å²) >= 11 is 1.37. The van der Waals surface area contributed by atoms with Gasteiger partial charge in [0.05, 0.1) is 10.8 Å². The van der Waals surface area contributed by atoms with Crippen molar-refractivity contribution in [1.82, 2.24) is 19.2 Å². The predicted octanol–water partition coefficient (Wildman–Crippen LogP) is 4.52. The Bertz CT molecular complexity index is 1480. The summed E-state index contributed by atoms with van der Waals surface area (Å²) in [7, 11) is -1.57. The Labute approximate surface area is 251 Å². The summed E-state index contributed by atoms with van der Waals surface area (Å²) in [5.74, 6) is 0.780. The highest BCUT2D eigenvalue weighted by Crippen LogP contribution is 2.36. The fraction of sp³-hybridized carbons (Fsp3) is 0.567. The van der Waals surface area contributed by atoms with Gasteiger partial charge in [0.2, 0.25) is 15.9 Å². The number of benzene rings is 1. The van der Waals surface area contributed by atoms with Gasteiger partial charge in [-0.15, -0.1) is 0 Å². The molecule has 1 saturated carbocycles. The Morgan fingerprint density at radius 3 is 2.43 bits per heavy atom. The molecule has 2 aromatic heterocycles. The van der Waals surface area contributed by atoms with Crippen molar-refractivity contribution in [1.29, 1.82) is 0 Å². The highest BCUT2D eigenvalue weighted by Gasteiger charge is 2.30. The predicted molar refractivity (Wildman–Crippen MR) is 166 cm³/mol. The van der Waals surface area contributed by atoms with Crippen molar-refractivity contribution in [3.63, 3.8) is 0 Å². The average molecular weight is 613 g/mol. The van der Waals surface area contributed by atoms with E-state index in [2.05, 4.69) is 20.5 Å². The number of anilines is 2. The van der Waals surface area contributed by atoms with Crippen LogP contribution in [0.4, 0.5) is 10.9 Å². The van der Waals surface area contributed by atoms with Gasteiger partial charge >= 0.3 is 0 Å². The van der Waals surface area contributed by atoms with Crippen molar-refractivity contribution in [3.05, 3.63) is 42.0 Å². The maximum absolute atomic E-state index is 13.7. The van der Waals surface area contributed by atoms with Crippen LogP contribution in [0.25, 0.3) is 10.3 Å². The first-order valence-electron chi connectivity index (χ1n) is 15.1. The van der Waals surface area contributed by atoms with E-state index in [-0.39, 0.29) is 16.7 Å². The summed E-state index contributed by atoms with van der Waals surface area (Å²) in [6, 6.07) is 11.2. The van der Waals surface area contributed by atoms with E-state index >= 15 is 0 Å². The lowest BCUT2D eigenvalue weighted by Crippen LogP contribution is -2.47. The number of rotatable bonds is 9. The zero-order valence-electron chi connectivity index (χ0n) is 24.1. The summed E-state index contributed by atoms with van der Waals surface area (Å²) in [6.07, 6.45) is 7.26. The quantitative estimate of drug-likeness (QED) is 0.362. The third kappa shape index (κ3) is 6.78. The van der Waals surface area contributed by atoms with Crippen LogP contribution in [0.2, 0.25) is 0 Å². The molecule has 0 spiro atoms. The van der Waals surface area contributed by atoms with E-state index < -0.39 is 10.0 Å². The number of carbonyl (C=O) groups excluding carboxylic acids is 1. The second-order valence-electron chi connectivity index (χ2n) is 11.8. The van der Waals surface area contributed by atoms with Crippen molar-refractivity contribution in [2.75, 3.05) is 57.1 Å². The SMILES string of the molecule is CN1CCN(S(=O)(=O)c2ccc(C(CC3CCCC3)C(=O)Nc3nc4ccc(NC5CCOCC5)nc4s3)cc2)CC1. The Morgan fingerprint density at radius 2 is 1.71 bits per heavy atom. The topological polar surface area (TPSA) is 117 Å². The minimum atomic E-state index is -3.57. The molecule has 1 unspecified atom stereocenters. The maximum atomic E-state index is 13.7. The Kier molecular flexibility index (Phi) is 9.06. The smallest absolute Gasteiger partial charge is 0.243 e. The second-order valence-corrected chi connectivity index (χ2v) is 14.7. The lowest BCUT2D eigenvalue weighted by Gasteiger charge is -2.31. The van der Waals surface area contributed by atoms with Gasteiger partial charge in [0.15, 0.2) is 5.13 Å². The molecule has 1 aromatic carbocycles. The van der Waals surface area contributed by atoms with Crippen LogP contribution in [0.3, 0.4) is 0 Å². The highest BCUT2D eigenvalue weighted by molar-refractivity contribution is 7.89. The molecule has 42 heavy (non-hydrogen) atoms. The van der Waals surface area contributed by atoms with E-state index in [1.54, 1.807) is 16.4 Å². The summed E-state index contributed by atoms with van der Waals surface area (Å²) in [5.41, 5.74) is 1.58. The van der Waals surface area contributed by atoms with Gasteiger partial charge in [0.25, 0.3) is 0 Å². The number of carbonyl (C=O) groups is 1. The number of sulfonamides is 1. The van der Waals surface area contributed by atoms with Gasteiger partial charge in [-0.25, -0.2) is 18.4 Å². The fourth-order valence-corrected chi connectivity index (χ4v) is 8.48. The molecule has 2 saturated heterocycles. The Hall–Kier alpha value is -2.64. The van der Waals surface area contributed by atoms with Crippen molar-refractivity contribution < 1.29 is 17.9 Å². The van der Waals surface area contributed by atoms with E-state index in [4.69, 9.17) is 9.72 Å². The number of aromatic nitrogens is 2. The molecular weight excluding hydrogens is 573 g/mol. The lowest BCUT2D eigenvalue weighted by atomic mass is 9.87. The lowest BCUT2D eigenvalue weighted by molar-refractivity contribution is -0.118. The average Bonchev–Trinajstić information content (AvgIpc) is 3.66. The number of ether oxygens (including phenoxy) is 1. The molecule has 3 aromatic rings. The molecule has 1 aliphatic carbocycles. The van der Waals surface area contributed by atoms with E-state index in [0.29, 0.717) is 30.2 Å². The number of fused-ring (bicyclic) bond motifs is 1. The number of hydrogen-bond acceptors (Lipinski definition) is 9. The van der Waals surface area contributed by atoms with Gasteiger partial charge in [-0.3, -0.25) is 4.79 Å². The number of nitrogens with one attached hydrogen (secondary N) is 2. The molecule has 226 valence electrons. The zero-order chi connectivity index (χ0) is 29.1. The first-order valence-corrected chi connectivity index (χ1v) is 17.3. The maximum Gasteiger partial charge on any atom is 0.243 e. The Morgan fingerprint density at radius 1 is 1.00 bits per heavy atom. The molecule has 12 heteroatoms. The molecule has 0 radical (unpaired) electrons. The molecule has 1 atom stereocenters. The van der Waals surface area contributed by atoms with Crippen molar-refractivity contribution in [3.8, 4) is 0 Å². The molecule has 1 amide bonds. The van der Waals surface area contributed by atoms with Crippen LogP contribution in [0, 0.1) is 5.92 Å². The first kappa shape index (κ1) is 29.4. The summed E-state index contributed by atoms with van der Waals surface area (Å²) in [4.78, 5) is 26.3. The molecule has 0 bridgehead atoms. The second kappa shape index (κ2) is 12.9. The molecule has 4 heterocycles. The van der Waals surface area contributed by atoms with Gasteiger partial charge < -0.3 is 20.3 Å². The summed E-state index contributed by atoms with van der Waals surface area (Å²) in [5, 5.41) is 7.08. The number of nitrogens with zero attached hydrogens (tertiary/aromatic N) is 4. The van der Waals surface area contributed by atoms with Crippen LogP contribution in [0.5, 0.6) is 0 Å². The number of pyridine rings is 1. The standard InChI is InChI=1S/C30H40N6O4S2/c1-35-14-16-36(17-15-35)42(38,39)24-8-6-22(7-9-24)25(20-21-4-2-3-5-21)28(37)34-30-32-26-10-11-27(33-29(26)41-30)31-23-12-18-40-19-13-23/h6-11,21,23,25H,2-5,12-20H2,1H3,(H,31,33)(H,32,34,37). The van der Waals surface area contributed by atoms with Crippen LogP contribution >= 0.6 is 11.3 Å². The van der Waals surface area contributed by atoms with Gasteiger partial charge in [-0.05, 0) is 62.1 Å². The third-order valence-corrected chi connectivity index (χ3v) is 11.6. The fourth-order valence-electron chi connectivity index (χ4n) is 6.22. The van der Waals surface area contributed by atoms with Gasteiger partial charge in [-0.2, -0.15) is 4.31 Å². The van der Waals surface area contributed by atoms with Crippen LogP contribution in [0.15, 0.2) is 41.3 Å². The van der Waals surface area contributed by atoms with Gasteiger partial charge in [0.1, 0.15) is 16.2 Å². The molecular formula is C30H40N6O4S2. The normalized spacial score (nSPS) is 20.6. The van der Waals surface area contributed by atoms with Crippen LogP contribution in [-0.4, -0.2) is 86.0 Å². The largest absolute Gasteiger partial charge is 0.381 e.